The Morgan fingerprint density at radius 2 is 1.96 bits per heavy atom. The molecule has 3 amide bonds. The Morgan fingerprint density at radius 1 is 1.29 bits per heavy atom. The van der Waals surface area contributed by atoms with Gasteiger partial charge in [-0.15, -0.1) is 0 Å². The van der Waals surface area contributed by atoms with Crippen molar-refractivity contribution >= 4 is 23.5 Å². The number of imide groups is 1. The first kappa shape index (κ1) is 18.4. The van der Waals surface area contributed by atoms with Crippen molar-refractivity contribution < 1.29 is 14.4 Å². The molecule has 28 heavy (non-hydrogen) atoms. The molecule has 2 heterocycles. The van der Waals surface area contributed by atoms with Gasteiger partial charge in [-0.2, -0.15) is 5.10 Å². The zero-order chi connectivity index (χ0) is 20.6. The van der Waals surface area contributed by atoms with Crippen molar-refractivity contribution in [1.82, 2.24) is 15.1 Å². The molecule has 1 aromatic heterocycles. The molecule has 0 saturated carbocycles. The van der Waals surface area contributed by atoms with Crippen molar-refractivity contribution in [3.63, 3.8) is 0 Å². The van der Waals surface area contributed by atoms with Crippen LogP contribution in [0.2, 0.25) is 0 Å². The van der Waals surface area contributed by atoms with Crippen molar-refractivity contribution in [3.05, 3.63) is 34.4 Å². The van der Waals surface area contributed by atoms with E-state index in [9.17, 15) is 14.4 Å². The number of allylic oxidation sites excluding steroid dienone is 2. The lowest BCUT2D eigenvalue weighted by Crippen LogP contribution is -2.45. The maximum Gasteiger partial charge on any atom is 0.330 e. The number of Topliss-reactive ketones (excluding diaryl/α,β-unsaturated/α-hetero) is 1. The summed E-state index contributed by atoms with van der Waals surface area (Å²) in [4.78, 5) is 42.5. The Balaban J connectivity index is 1.90. The molecule has 0 unspecified atom stereocenters. The van der Waals surface area contributed by atoms with Gasteiger partial charge in [0.25, 0.3) is 5.91 Å². The number of nitrogens with one attached hydrogen (secondary N) is 1. The van der Waals surface area contributed by atoms with Crippen LogP contribution in [0.15, 0.2) is 11.8 Å². The van der Waals surface area contributed by atoms with Crippen LogP contribution in [0, 0.1) is 18.4 Å². The first-order chi connectivity index (χ1) is 13.0. The van der Waals surface area contributed by atoms with E-state index in [1.165, 1.54) is 4.90 Å². The van der Waals surface area contributed by atoms with Crippen molar-refractivity contribution in [2.45, 2.75) is 51.5 Å². The number of carbonyl (C=O) groups excluding carboxylic acids is 3. The van der Waals surface area contributed by atoms with Crippen molar-refractivity contribution in [2.75, 3.05) is 4.90 Å². The van der Waals surface area contributed by atoms with Gasteiger partial charge in [0.15, 0.2) is 5.78 Å². The van der Waals surface area contributed by atoms with Gasteiger partial charge in [-0.05, 0) is 32.6 Å². The first-order valence-corrected chi connectivity index (χ1v) is 9.40. The second-order valence-electron chi connectivity index (χ2n) is 8.69. The average molecular weight is 381 g/mol. The summed E-state index contributed by atoms with van der Waals surface area (Å²) in [7, 11) is 1.72. The highest BCUT2D eigenvalue weighted by Crippen LogP contribution is 2.51. The van der Waals surface area contributed by atoms with E-state index in [1.54, 1.807) is 31.7 Å². The Labute approximate surface area is 163 Å². The fourth-order valence-electron chi connectivity index (χ4n) is 5.02. The van der Waals surface area contributed by atoms with Gasteiger partial charge in [-0.1, -0.05) is 19.9 Å². The molecule has 1 fully saturated rings. The molecule has 3 aliphatic rings. The number of hydrogen-bond acceptors (Lipinski definition) is 4. The number of ketones is 1. The molecule has 1 saturated heterocycles. The third-order valence-electron chi connectivity index (χ3n) is 6.50. The van der Waals surface area contributed by atoms with Crippen LogP contribution >= 0.6 is 0 Å². The molecule has 4 rings (SSSR count). The van der Waals surface area contributed by atoms with Crippen LogP contribution < -0.4 is 10.2 Å². The molecule has 1 N–H and O–H groups in total. The number of urea groups is 1. The number of aromatic nitrogens is 2. The summed E-state index contributed by atoms with van der Waals surface area (Å²) in [6, 6.07) is -0.461. The minimum Gasteiger partial charge on any atom is -0.323 e. The zero-order valence-electron chi connectivity index (χ0n) is 16.7. The highest BCUT2D eigenvalue weighted by Gasteiger charge is 2.53. The number of anilines is 1. The predicted octanol–water partition coefficient (Wildman–Crippen LogP) is 2.10. The molecule has 8 heteroatoms. The third kappa shape index (κ3) is 2.16. The van der Waals surface area contributed by atoms with Gasteiger partial charge in [0, 0.05) is 23.9 Å². The lowest BCUT2D eigenvalue weighted by atomic mass is 9.59. The average Bonchev–Trinajstić information content (AvgIpc) is 3.05. The number of amides is 3. The molecule has 3 atom stereocenters. The Kier molecular flexibility index (Phi) is 3.64. The lowest BCUT2D eigenvalue weighted by molar-refractivity contribution is -0.122. The molecule has 1 aromatic rings. The molecule has 1 aliphatic heterocycles. The van der Waals surface area contributed by atoms with Crippen LogP contribution in [0.3, 0.4) is 0 Å². The summed E-state index contributed by atoms with van der Waals surface area (Å²) in [5.74, 6) is -0.202. The largest absolute Gasteiger partial charge is 0.330 e. The van der Waals surface area contributed by atoms with Gasteiger partial charge in [-0.25, -0.2) is 14.5 Å². The van der Waals surface area contributed by atoms with E-state index < -0.39 is 17.0 Å². The van der Waals surface area contributed by atoms with Gasteiger partial charge in [-0.3, -0.25) is 9.48 Å². The van der Waals surface area contributed by atoms with Crippen LogP contribution in [0.1, 0.15) is 45.4 Å². The molecule has 0 bridgehead atoms. The highest BCUT2D eigenvalue weighted by atomic mass is 16.2. The predicted molar refractivity (Wildman–Crippen MR) is 101 cm³/mol. The molecule has 146 valence electrons. The molecule has 2 aliphatic carbocycles. The Bertz CT molecular complexity index is 1010. The topological polar surface area (TPSA) is 88.7 Å². The highest BCUT2D eigenvalue weighted by molar-refractivity contribution is 6.23. The van der Waals surface area contributed by atoms with Gasteiger partial charge >= 0.3 is 6.03 Å². The first-order valence-electron chi connectivity index (χ1n) is 9.40. The maximum absolute atomic E-state index is 12.8. The molecule has 8 nitrogen and oxygen atoms in total. The van der Waals surface area contributed by atoms with Gasteiger partial charge < -0.3 is 10.1 Å². The number of fused-ring (bicyclic) bond motifs is 3. The SMILES string of the molecule is [C-]#[N+]C1=C[C@]2(C)c3nn(C)c(N4C(=O)NC(C)(C)C4=O)c3CC[C@H]2[C@H](C)C1=O. The van der Waals surface area contributed by atoms with E-state index in [0.29, 0.717) is 12.2 Å². The number of hydrogen-bond donors (Lipinski definition) is 1. The molecule has 0 radical (unpaired) electrons. The fourth-order valence-corrected chi connectivity index (χ4v) is 5.02. The summed E-state index contributed by atoms with van der Waals surface area (Å²) in [5.41, 5.74) is 0.156. The standard InChI is InChI=1S/C20H23N5O3/c1-10-12-8-7-11-15(20(12,4)9-13(21-5)14(10)26)23-24(6)16(11)25-17(27)19(2,3)22-18(25)28/h9-10,12H,7-8H2,1-4,6H3,(H,22,28)/t10-,12-,20-/m0/s1. The number of carbonyl (C=O) groups is 3. The van der Waals surface area contributed by atoms with E-state index in [1.807, 2.05) is 13.8 Å². The van der Waals surface area contributed by atoms with Gasteiger partial charge in [0.2, 0.25) is 5.70 Å². The summed E-state index contributed by atoms with van der Waals surface area (Å²) in [6.07, 6.45) is 3.08. The summed E-state index contributed by atoms with van der Waals surface area (Å²) < 4.78 is 1.57. The van der Waals surface area contributed by atoms with E-state index >= 15 is 0 Å². The summed E-state index contributed by atoms with van der Waals surface area (Å²) in [5, 5.41) is 7.39. The van der Waals surface area contributed by atoms with Gasteiger partial charge in [0.05, 0.1) is 12.3 Å². The fraction of sp³-hybridized carbons (Fsp3) is 0.550. The van der Waals surface area contributed by atoms with Crippen molar-refractivity contribution in [3.8, 4) is 0 Å². The van der Waals surface area contributed by atoms with Gasteiger partial charge in [0.1, 0.15) is 11.4 Å². The normalized spacial score (nSPS) is 31.1. The minimum absolute atomic E-state index is 0.0281. The quantitative estimate of drug-likeness (QED) is 0.596. The van der Waals surface area contributed by atoms with Crippen LogP contribution in [0.25, 0.3) is 4.85 Å². The number of aryl methyl sites for hydroxylation is 1. The Morgan fingerprint density at radius 3 is 2.54 bits per heavy atom. The lowest BCUT2D eigenvalue weighted by Gasteiger charge is -2.44. The van der Waals surface area contributed by atoms with Crippen LogP contribution in [-0.2, 0) is 28.5 Å². The van der Waals surface area contributed by atoms with Crippen LogP contribution in [0.5, 0.6) is 0 Å². The number of nitrogens with zero attached hydrogens (tertiary/aromatic N) is 4. The second kappa shape index (κ2) is 5.53. The monoisotopic (exact) mass is 381 g/mol. The smallest absolute Gasteiger partial charge is 0.323 e. The maximum atomic E-state index is 12.8. The van der Waals surface area contributed by atoms with E-state index in [0.717, 1.165) is 17.7 Å². The molecular weight excluding hydrogens is 358 g/mol. The van der Waals surface area contributed by atoms with E-state index in [2.05, 4.69) is 15.3 Å². The second-order valence-corrected chi connectivity index (χ2v) is 8.69. The van der Waals surface area contributed by atoms with Crippen LogP contribution in [0.4, 0.5) is 10.6 Å². The van der Waals surface area contributed by atoms with Crippen molar-refractivity contribution in [1.29, 1.82) is 0 Å². The molecule has 0 aromatic carbocycles. The van der Waals surface area contributed by atoms with E-state index in [4.69, 9.17) is 6.57 Å². The zero-order valence-corrected chi connectivity index (χ0v) is 16.7. The van der Waals surface area contributed by atoms with Crippen LogP contribution in [-0.4, -0.2) is 33.0 Å². The number of rotatable bonds is 1. The third-order valence-corrected chi connectivity index (χ3v) is 6.50. The minimum atomic E-state index is -0.974. The molecule has 0 spiro atoms. The van der Waals surface area contributed by atoms with E-state index in [-0.39, 0.29) is 29.2 Å². The molecular formula is C20H23N5O3. The Hall–Kier alpha value is -2.95. The van der Waals surface area contributed by atoms with Crippen molar-refractivity contribution in [2.24, 2.45) is 18.9 Å². The summed E-state index contributed by atoms with van der Waals surface area (Å²) in [6.45, 7) is 14.6. The summed E-state index contributed by atoms with van der Waals surface area (Å²) >= 11 is 0.